The van der Waals surface area contributed by atoms with Gasteiger partial charge < -0.3 is 5.11 Å². The van der Waals surface area contributed by atoms with E-state index >= 15 is 0 Å². The Bertz CT molecular complexity index is 465. The van der Waals surface area contributed by atoms with E-state index in [9.17, 15) is 13.2 Å². The van der Waals surface area contributed by atoms with Crippen LogP contribution in [0.15, 0.2) is 30.3 Å². The zero-order valence-corrected chi connectivity index (χ0v) is 10.5. The van der Waals surface area contributed by atoms with Crippen LogP contribution in [0.3, 0.4) is 0 Å². The van der Waals surface area contributed by atoms with Crippen molar-refractivity contribution in [3.63, 3.8) is 0 Å². The van der Waals surface area contributed by atoms with Crippen molar-refractivity contribution in [3.05, 3.63) is 35.9 Å². The van der Waals surface area contributed by atoms with Gasteiger partial charge in [-0.1, -0.05) is 37.3 Å². The van der Waals surface area contributed by atoms with E-state index in [4.69, 9.17) is 5.11 Å². The molecule has 1 N–H and O–H groups in total. The molecule has 0 aliphatic carbocycles. The zero-order valence-electron chi connectivity index (χ0n) is 9.67. The monoisotopic (exact) mass is 256 g/mol. The van der Waals surface area contributed by atoms with E-state index in [0.29, 0.717) is 6.42 Å². The van der Waals surface area contributed by atoms with E-state index in [1.54, 1.807) is 0 Å². The molecule has 0 fully saturated rings. The minimum absolute atomic E-state index is 0.00532. The summed E-state index contributed by atoms with van der Waals surface area (Å²) in [6.07, 6.45) is 0.426. The first kappa shape index (κ1) is 13.7. The number of aryl methyl sites for hydroxylation is 1. The van der Waals surface area contributed by atoms with Crippen LogP contribution in [0.25, 0.3) is 0 Å². The predicted molar refractivity (Wildman–Crippen MR) is 65.6 cm³/mol. The predicted octanol–water partition coefficient (Wildman–Crippen LogP) is 1.36. The third kappa shape index (κ3) is 4.99. The summed E-state index contributed by atoms with van der Waals surface area (Å²) in [4.78, 5) is 10.6. The van der Waals surface area contributed by atoms with Gasteiger partial charge in [-0.15, -0.1) is 0 Å². The van der Waals surface area contributed by atoms with Crippen molar-refractivity contribution in [2.24, 2.45) is 5.92 Å². The second kappa shape index (κ2) is 5.82. The average Bonchev–Trinajstić information content (AvgIpc) is 2.27. The van der Waals surface area contributed by atoms with E-state index < -0.39 is 21.7 Å². The van der Waals surface area contributed by atoms with E-state index in [-0.39, 0.29) is 11.5 Å². The first-order valence-electron chi connectivity index (χ1n) is 5.38. The van der Waals surface area contributed by atoms with Gasteiger partial charge in [-0.2, -0.15) is 0 Å². The number of aliphatic carboxylic acids is 1. The molecular formula is C12H16O4S. The summed E-state index contributed by atoms with van der Waals surface area (Å²) in [6.45, 7) is 1.41. The van der Waals surface area contributed by atoms with Crippen molar-refractivity contribution >= 4 is 15.8 Å². The molecule has 0 amide bonds. The minimum Gasteiger partial charge on any atom is -0.481 e. The van der Waals surface area contributed by atoms with Gasteiger partial charge in [-0.3, -0.25) is 4.79 Å². The summed E-state index contributed by atoms with van der Waals surface area (Å²) in [5.74, 6) is -2.23. The van der Waals surface area contributed by atoms with Crippen LogP contribution in [0.4, 0.5) is 0 Å². The molecule has 1 aromatic carbocycles. The highest BCUT2D eigenvalue weighted by Crippen LogP contribution is 2.06. The van der Waals surface area contributed by atoms with Crippen LogP contribution >= 0.6 is 0 Å². The van der Waals surface area contributed by atoms with Crippen molar-refractivity contribution in [2.75, 3.05) is 11.5 Å². The smallest absolute Gasteiger partial charge is 0.307 e. The molecular weight excluding hydrogens is 240 g/mol. The first-order valence-corrected chi connectivity index (χ1v) is 7.20. The van der Waals surface area contributed by atoms with Crippen molar-refractivity contribution in [1.29, 1.82) is 0 Å². The second-order valence-corrected chi connectivity index (χ2v) is 6.32. The summed E-state index contributed by atoms with van der Waals surface area (Å²) < 4.78 is 23.3. The fourth-order valence-corrected chi connectivity index (χ4v) is 3.07. The summed E-state index contributed by atoms with van der Waals surface area (Å²) in [6, 6.07) is 9.28. The van der Waals surface area contributed by atoms with Crippen LogP contribution in [0, 0.1) is 5.92 Å². The molecule has 94 valence electrons. The topological polar surface area (TPSA) is 71.4 Å². The minimum atomic E-state index is -3.30. The molecule has 5 heteroatoms. The molecule has 4 nitrogen and oxygen atoms in total. The van der Waals surface area contributed by atoms with Crippen LogP contribution in [-0.4, -0.2) is 31.0 Å². The zero-order chi connectivity index (χ0) is 12.9. The lowest BCUT2D eigenvalue weighted by Crippen LogP contribution is -2.23. The molecule has 1 rings (SSSR count). The highest BCUT2D eigenvalue weighted by atomic mass is 32.2. The number of hydrogen-bond donors (Lipinski definition) is 1. The first-order chi connectivity index (χ1) is 7.91. The molecule has 0 unspecified atom stereocenters. The Hall–Kier alpha value is -1.36. The Balaban J connectivity index is 2.54. The van der Waals surface area contributed by atoms with E-state index in [1.165, 1.54) is 6.92 Å². The molecule has 0 aliphatic heterocycles. The molecule has 1 atom stereocenters. The highest BCUT2D eigenvalue weighted by molar-refractivity contribution is 7.91. The van der Waals surface area contributed by atoms with Gasteiger partial charge in [0.15, 0.2) is 9.84 Å². The van der Waals surface area contributed by atoms with Gasteiger partial charge in [0, 0.05) is 0 Å². The molecule has 0 radical (unpaired) electrons. The third-order valence-corrected chi connectivity index (χ3v) is 4.30. The maximum Gasteiger partial charge on any atom is 0.307 e. The molecule has 1 aromatic rings. The Morgan fingerprint density at radius 3 is 2.41 bits per heavy atom. The quantitative estimate of drug-likeness (QED) is 0.834. The van der Waals surface area contributed by atoms with Crippen molar-refractivity contribution in [1.82, 2.24) is 0 Å². The molecule has 0 bridgehead atoms. The Kier molecular flexibility index (Phi) is 4.69. The number of carboxylic acid groups (broad SMARTS) is 1. The number of carboxylic acids is 1. The van der Waals surface area contributed by atoms with Gasteiger partial charge in [0.05, 0.1) is 17.4 Å². The molecule has 0 aromatic heterocycles. The lowest BCUT2D eigenvalue weighted by atomic mass is 10.2. The van der Waals surface area contributed by atoms with Crippen LogP contribution in [0.2, 0.25) is 0 Å². The lowest BCUT2D eigenvalue weighted by Gasteiger charge is -2.07. The molecule has 0 aliphatic rings. The summed E-state index contributed by atoms with van der Waals surface area (Å²) in [5.41, 5.74) is 0.944. The number of hydrogen-bond acceptors (Lipinski definition) is 3. The van der Waals surface area contributed by atoms with Crippen LogP contribution in [0.1, 0.15) is 12.5 Å². The number of benzene rings is 1. The molecule has 0 saturated heterocycles. The lowest BCUT2D eigenvalue weighted by molar-refractivity contribution is -0.140. The standard InChI is InChI=1S/C12H16O4S/c1-10(12(13)14)9-17(15,16)8-7-11-5-3-2-4-6-11/h2-6,10H,7-9H2,1H3,(H,13,14)/t10-/m1/s1. The van der Waals surface area contributed by atoms with Gasteiger partial charge in [0.1, 0.15) is 0 Å². The average molecular weight is 256 g/mol. The Morgan fingerprint density at radius 2 is 1.88 bits per heavy atom. The number of carbonyl (C=O) groups is 1. The number of sulfone groups is 1. The van der Waals surface area contributed by atoms with Gasteiger partial charge >= 0.3 is 5.97 Å². The molecule has 17 heavy (non-hydrogen) atoms. The van der Waals surface area contributed by atoms with Gasteiger partial charge in [0.2, 0.25) is 0 Å². The van der Waals surface area contributed by atoms with Crippen LogP contribution in [0.5, 0.6) is 0 Å². The highest BCUT2D eigenvalue weighted by Gasteiger charge is 2.20. The Morgan fingerprint density at radius 1 is 1.29 bits per heavy atom. The fraction of sp³-hybridized carbons (Fsp3) is 0.417. The normalized spacial score (nSPS) is 13.2. The second-order valence-electron chi connectivity index (χ2n) is 4.09. The maximum atomic E-state index is 11.7. The van der Waals surface area contributed by atoms with Crippen molar-refractivity contribution < 1.29 is 18.3 Å². The number of rotatable bonds is 6. The Labute approximate surface area is 101 Å². The van der Waals surface area contributed by atoms with E-state index in [0.717, 1.165) is 5.56 Å². The summed E-state index contributed by atoms with van der Waals surface area (Å²) in [5, 5.41) is 8.67. The fourth-order valence-electron chi connectivity index (χ4n) is 1.45. The van der Waals surface area contributed by atoms with Crippen LogP contribution < -0.4 is 0 Å². The molecule has 0 saturated carbocycles. The van der Waals surface area contributed by atoms with Gasteiger partial charge in [-0.25, -0.2) is 8.42 Å². The summed E-state index contributed by atoms with van der Waals surface area (Å²) in [7, 11) is -3.30. The molecule has 0 heterocycles. The SMILES string of the molecule is C[C@H](CS(=O)(=O)CCc1ccccc1)C(=O)O. The molecule has 0 spiro atoms. The van der Waals surface area contributed by atoms with Crippen LogP contribution in [-0.2, 0) is 21.1 Å². The van der Waals surface area contributed by atoms with Gasteiger partial charge in [-0.05, 0) is 12.0 Å². The van der Waals surface area contributed by atoms with E-state index in [2.05, 4.69) is 0 Å². The van der Waals surface area contributed by atoms with Crippen molar-refractivity contribution in [3.8, 4) is 0 Å². The largest absolute Gasteiger partial charge is 0.481 e. The summed E-state index contributed by atoms with van der Waals surface area (Å²) >= 11 is 0. The van der Waals surface area contributed by atoms with E-state index in [1.807, 2.05) is 30.3 Å². The van der Waals surface area contributed by atoms with Gasteiger partial charge in [0.25, 0.3) is 0 Å². The maximum absolute atomic E-state index is 11.7. The van der Waals surface area contributed by atoms with Crippen molar-refractivity contribution in [2.45, 2.75) is 13.3 Å². The third-order valence-electron chi connectivity index (χ3n) is 2.47.